The SMILES string of the molecule is COC(=O)[C@H](Cc1cccc(C(F)(F)F)c1)N1CCNC2(CC2)C1=O. The standard InChI is InChI=1S/C17H19F3N2O3/c1-25-14(23)13(22-8-7-21-16(5-6-16)15(22)24)10-11-3-2-4-12(9-11)17(18,19)20/h2-4,9,13,21H,5-8,10H2,1H3/t13-/m0/s1. The molecule has 3 rings (SSSR count). The van der Waals surface area contributed by atoms with Gasteiger partial charge in [0.2, 0.25) is 5.91 Å². The fraction of sp³-hybridized carbons (Fsp3) is 0.529. The summed E-state index contributed by atoms with van der Waals surface area (Å²) >= 11 is 0. The molecule has 136 valence electrons. The first-order valence-corrected chi connectivity index (χ1v) is 8.07. The molecule has 5 nitrogen and oxygen atoms in total. The average molecular weight is 356 g/mol. The minimum absolute atomic E-state index is 0.0155. The molecule has 1 aliphatic carbocycles. The van der Waals surface area contributed by atoms with Crippen molar-refractivity contribution in [3.63, 3.8) is 0 Å². The number of carbonyl (C=O) groups is 2. The zero-order chi connectivity index (χ0) is 18.2. The molecule has 2 fully saturated rings. The molecule has 0 unspecified atom stereocenters. The molecule has 0 aromatic heterocycles. The molecule has 1 heterocycles. The van der Waals surface area contributed by atoms with Gasteiger partial charge in [0.1, 0.15) is 6.04 Å². The van der Waals surface area contributed by atoms with Crippen LogP contribution in [0.4, 0.5) is 13.2 Å². The predicted molar refractivity (Wildman–Crippen MR) is 82.6 cm³/mol. The molecule has 1 saturated heterocycles. The van der Waals surface area contributed by atoms with Crippen LogP contribution in [0.3, 0.4) is 0 Å². The number of rotatable bonds is 4. The topological polar surface area (TPSA) is 58.6 Å². The van der Waals surface area contributed by atoms with Gasteiger partial charge in [-0.2, -0.15) is 13.2 Å². The number of amides is 1. The number of alkyl halides is 3. The van der Waals surface area contributed by atoms with Crippen molar-refractivity contribution in [2.75, 3.05) is 20.2 Å². The summed E-state index contributed by atoms with van der Waals surface area (Å²) in [6, 6.07) is 3.88. The van der Waals surface area contributed by atoms with Gasteiger partial charge in [-0.3, -0.25) is 4.79 Å². The fourth-order valence-electron chi connectivity index (χ4n) is 3.24. The lowest BCUT2D eigenvalue weighted by molar-refractivity contribution is -0.155. The van der Waals surface area contributed by atoms with E-state index in [1.165, 1.54) is 24.1 Å². The summed E-state index contributed by atoms with van der Waals surface area (Å²) in [7, 11) is 1.21. The minimum atomic E-state index is -4.46. The zero-order valence-corrected chi connectivity index (χ0v) is 13.7. The number of hydrogen-bond acceptors (Lipinski definition) is 4. The van der Waals surface area contributed by atoms with Gasteiger partial charge in [-0.15, -0.1) is 0 Å². The molecule has 1 aliphatic heterocycles. The number of nitrogens with one attached hydrogen (secondary N) is 1. The summed E-state index contributed by atoms with van der Waals surface area (Å²) in [5.41, 5.74) is -1.04. The first-order chi connectivity index (χ1) is 11.8. The molecule has 8 heteroatoms. The van der Waals surface area contributed by atoms with E-state index < -0.39 is 29.3 Å². The maximum Gasteiger partial charge on any atom is 0.416 e. The number of halogens is 3. The maximum atomic E-state index is 12.9. The Morgan fingerprint density at radius 2 is 2.12 bits per heavy atom. The largest absolute Gasteiger partial charge is 0.467 e. The number of esters is 1. The highest BCUT2D eigenvalue weighted by Crippen LogP contribution is 2.39. The molecule has 1 amide bonds. The van der Waals surface area contributed by atoms with E-state index in [0.717, 1.165) is 12.1 Å². The Hall–Kier alpha value is -2.09. The minimum Gasteiger partial charge on any atom is -0.467 e. The second-order valence-corrected chi connectivity index (χ2v) is 6.45. The number of methoxy groups -OCH3 is 1. The third-order valence-corrected chi connectivity index (χ3v) is 4.77. The zero-order valence-electron chi connectivity index (χ0n) is 13.7. The number of piperazine rings is 1. The molecule has 1 saturated carbocycles. The highest BCUT2D eigenvalue weighted by Gasteiger charge is 2.55. The van der Waals surface area contributed by atoms with E-state index in [1.807, 2.05) is 0 Å². The van der Waals surface area contributed by atoms with Gasteiger partial charge < -0.3 is 15.0 Å². The van der Waals surface area contributed by atoms with Crippen molar-refractivity contribution in [3.05, 3.63) is 35.4 Å². The molecular weight excluding hydrogens is 337 g/mol. The molecule has 1 aromatic rings. The van der Waals surface area contributed by atoms with Crippen LogP contribution in [-0.2, 0) is 26.9 Å². The molecular formula is C17H19F3N2O3. The average Bonchev–Trinajstić information content (AvgIpc) is 3.35. The van der Waals surface area contributed by atoms with Gasteiger partial charge in [-0.1, -0.05) is 18.2 Å². The van der Waals surface area contributed by atoms with E-state index in [4.69, 9.17) is 4.74 Å². The van der Waals surface area contributed by atoms with Crippen LogP contribution in [0.2, 0.25) is 0 Å². The first-order valence-electron chi connectivity index (χ1n) is 8.07. The Balaban J connectivity index is 1.85. The van der Waals surface area contributed by atoms with Crippen molar-refractivity contribution in [1.29, 1.82) is 0 Å². The van der Waals surface area contributed by atoms with Crippen LogP contribution in [0.1, 0.15) is 24.0 Å². The van der Waals surface area contributed by atoms with Gasteiger partial charge in [0.15, 0.2) is 0 Å². The highest BCUT2D eigenvalue weighted by molar-refractivity contribution is 5.93. The third-order valence-electron chi connectivity index (χ3n) is 4.77. The van der Waals surface area contributed by atoms with Gasteiger partial charge in [-0.25, -0.2) is 4.79 Å². The molecule has 0 bridgehead atoms. The molecule has 0 radical (unpaired) electrons. The Morgan fingerprint density at radius 1 is 1.40 bits per heavy atom. The van der Waals surface area contributed by atoms with Crippen LogP contribution in [0, 0.1) is 0 Å². The highest BCUT2D eigenvalue weighted by atomic mass is 19.4. The lowest BCUT2D eigenvalue weighted by Crippen LogP contribution is -2.61. The summed E-state index contributed by atoms with van der Waals surface area (Å²) in [5.74, 6) is -0.801. The fourth-order valence-corrected chi connectivity index (χ4v) is 3.24. The second-order valence-electron chi connectivity index (χ2n) is 6.45. The number of carbonyl (C=O) groups excluding carboxylic acids is 2. The summed E-state index contributed by atoms with van der Waals surface area (Å²) in [6.07, 6.45) is -3.06. The first kappa shape index (κ1) is 17.7. The molecule has 2 aliphatic rings. The summed E-state index contributed by atoms with van der Waals surface area (Å²) in [6.45, 7) is 0.862. The van der Waals surface area contributed by atoms with Crippen molar-refractivity contribution in [3.8, 4) is 0 Å². The van der Waals surface area contributed by atoms with Gasteiger partial charge in [0.25, 0.3) is 0 Å². The number of ether oxygens (including phenoxy) is 1. The van der Waals surface area contributed by atoms with Crippen LogP contribution in [0.25, 0.3) is 0 Å². The Morgan fingerprint density at radius 3 is 2.72 bits per heavy atom. The van der Waals surface area contributed by atoms with E-state index >= 15 is 0 Å². The van der Waals surface area contributed by atoms with Crippen LogP contribution in [-0.4, -0.2) is 48.6 Å². The van der Waals surface area contributed by atoms with E-state index in [1.54, 1.807) is 0 Å². The number of benzene rings is 1. The van der Waals surface area contributed by atoms with E-state index in [0.29, 0.717) is 31.5 Å². The van der Waals surface area contributed by atoms with Crippen LogP contribution in [0.15, 0.2) is 24.3 Å². The van der Waals surface area contributed by atoms with Gasteiger partial charge in [-0.05, 0) is 24.5 Å². The summed E-state index contributed by atoms with van der Waals surface area (Å²) < 4.78 is 43.5. The van der Waals surface area contributed by atoms with Crippen LogP contribution in [0.5, 0.6) is 0 Å². The van der Waals surface area contributed by atoms with Gasteiger partial charge in [0, 0.05) is 19.5 Å². The monoisotopic (exact) mass is 356 g/mol. The third kappa shape index (κ3) is 3.49. The normalized spacial score (nSPS) is 20.5. The van der Waals surface area contributed by atoms with Gasteiger partial charge >= 0.3 is 12.1 Å². The maximum absolute atomic E-state index is 12.9. The Labute approximate surface area is 143 Å². The number of hydrogen-bond donors (Lipinski definition) is 1. The Kier molecular flexibility index (Phi) is 4.49. The van der Waals surface area contributed by atoms with Crippen molar-refractivity contribution in [2.45, 2.75) is 37.0 Å². The molecule has 1 spiro atoms. The van der Waals surface area contributed by atoms with Gasteiger partial charge in [0.05, 0.1) is 18.2 Å². The van der Waals surface area contributed by atoms with E-state index in [-0.39, 0.29) is 12.3 Å². The van der Waals surface area contributed by atoms with Crippen molar-refractivity contribution >= 4 is 11.9 Å². The quantitative estimate of drug-likeness (QED) is 0.836. The molecule has 25 heavy (non-hydrogen) atoms. The molecule has 1 N–H and O–H groups in total. The van der Waals surface area contributed by atoms with E-state index in [2.05, 4.69) is 5.32 Å². The lowest BCUT2D eigenvalue weighted by atomic mass is 10.00. The summed E-state index contributed by atoms with van der Waals surface area (Å²) in [5, 5.41) is 3.16. The second kappa shape index (κ2) is 6.33. The van der Waals surface area contributed by atoms with Crippen molar-refractivity contribution in [2.24, 2.45) is 0 Å². The molecule has 1 atom stereocenters. The van der Waals surface area contributed by atoms with E-state index in [9.17, 15) is 22.8 Å². The van der Waals surface area contributed by atoms with Crippen LogP contribution < -0.4 is 5.32 Å². The lowest BCUT2D eigenvalue weighted by Gasteiger charge is -2.37. The predicted octanol–water partition coefficient (Wildman–Crippen LogP) is 1.75. The Bertz CT molecular complexity index is 686. The summed E-state index contributed by atoms with van der Waals surface area (Å²) in [4.78, 5) is 26.3. The van der Waals surface area contributed by atoms with Crippen LogP contribution >= 0.6 is 0 Å². The number of nitrogens with zero attached hydrogens (tertiary/aromatic N) is 1. The van der Waals surface area contributed by atoms with Crippen molar-refractivity contribution < 1.29 is 27.5 Å². The smallest absolute Gasteiger partial charge is 0.416 e. The molecule has 1 aromatic carbocycles. The van der Waals surface area contributed by atoms with Crippen molar-refractivity contribution in [1.82, 2.24) is 10.2 Å².